The average molecular weight is 621 g/mol. The summed E-state index contributed by atoms with van der Waals surface area (Å²) in [5.41, 5.74) is 4.70. The Balaban J connectivity index is 1.60. The molecule has 0 bridgehead atoms. The Bertz CT molecular complexity index is 1790. The van der Waals surface area contributed by atoms with Crippen molar-refractivity contribution in [2.75, 3.05) is 45.8 Å². The van der Waals surface area contributed by atoms with Gasteiger partial charge in [-0.3, -0.25) is 14.5 Å². The van der Waals surface area contributed by atoms with Crippen molar-refractivity contribution in [1.82, 2.24) is 0 Å². The van der Waals surface area contributed by atoms with E-state index >= 15 is 0 Å². The smallest absolute Gasteiger partial charge is 0.259 e. The van der Waals surface area contributed by atoms with Gasteiger partial charge in [0.25, 0.3) is 5.91 Å². The highest BCUT2D eigenvalue weighted by molar-refractivity contribution is 6.12. The topological polar surface area (TPSA) is 95.6 Å². The van der Waals surface area contributed by atoms with Crippen molar-refractivity contribution in [1.29, 1.82) is 0 Å². The van der Waals surface area contributed by atoms with Crippen LogP contribution in [0.4, 0.5) is 11.4 Å². The maximum absolute atomic E-state index is 14.9. The van der Waals surface area contributed by atoms with E-state index in [-0.39, 0.29) is 17.6 Å². The summed E-state index contributed by atoms with van der Waals surface area (Å²) in [5.74, 6) is 1.65. The minimum atomic E-state index is -0.804. The third-order valence-corrected chi connectivity index (χ3v) is 8.61. The van der Waals surface area contributed by atoms with Gasteiger partial charge < -0.3 is 29.0 Å². The molecule has 0 fully saturated rings. The molecular formula is C37H36N2O7. The summed E-state index contributed by atoms with van der Waals surface area (Å²) in [6.45, 7) is 0. The van der Waals surface area contributed by atoms with Crippen molar-refractivity contribution in [2.24, 2.45) is 0 Å². The summed E-state index contributed by atoms with van der Waals surface area (Å²) >= 11 is 0. The molecule has 9 nitrogen and oxygen atoms in total. The Morgan fingerprint density at radius 3 is 2.00 bits per heavy atom. The van der Waals surface area contributed by atoms with Gasteiger partial charge in [-0.1, -0.05) is 48.5 Å². The summed E-state index contributed by atoms with van der Waals surface area (Å²) in [6, 6.07) is 25.6. The minimum absolute atomic E-state index is 0.0180. The number of nitrogens with zero attached hydrogens (tertiary/aromatic N) is 1. The highest BCUT2D eigenvalue weighted by atomic mass is 16.5. The average Bonchev–Trinajstić information content (AvgIpc) is 3.25. The predicted octanol–water partition coefficient (Wildman–Crippen LogP) is 6.94. The van der Waals surface area contributed by atoms with Crippen LogP contribution in [0.3, 0.4) is 0 Å². The van der Waals surface area contributed by atoms with Crippen LogP contribution >= 0.6 is 0 Å². The highest BCUT2D eigenvalue weighted by Gasteiger charge is 2.42. The minimum Gasteiger partial charge on any atom is -0.493 e. The first kappa shape index (κ1) is 30.6. The van der Waals surface area contributed by atoms with Crippen molar-refractivity contribution < 1.29 is 33.3 Å². The number of allylic oxidation sites excluding steroid dienone is 1. The van der Waals surface area contributed by atoms with Gasteiger partial charge in [0.15, 0.2) is 28.8 Å². The number of methoxy groups -OCH3 is 5. The summed E-state index contributed by atoms with van der Waals surface area (Å²) in [5, 5.41) is 3.58. The van der Waals surface area contributed by atoms with Gasteiger partial charge in [0.2, 0.25) is 5.75 Å². The number of hydrogen-bond donors (Lipinski definition) is 1. The molecule has 46 heavy (non-hydrogen) atoms. The quantitative estimate of drug-likeness (QED) is 0.226. The van der Waals surface area contributed by atoms with Crippen molar-refractivity contribution in [3.63, 3.8) is 0 Å². The monoisotopic (exact) mass is 620 g/mol. The third-order valence-electron chi connectivity index (χ3n) is 8.61. The van der Waals surface area contributed by atoms with Crippen LogP contribution in [0.1, 0.15) is 46.3 Å². The molecule has 0 saturated heterocycles. The first-order valence-corrected chi connectivity index (χ1v) is 14.9. The lowest BCUT2D eigenvalue weighted by Gasteiger charge is -2.35. The molecular weight excluding hydrogens is 584 g/mol. The number of Topliss-reactive ketones (excluding diaryl/α,β-unsaturated/α-hetero) is 1. The van der Waals surface area contributed by atoms with E-state index in [1.54, 1.807) is 37.3 Å². The first-order chi connectivity index (χ1) is 22.4. The molecule has 0 spiro atoms. The predicted molar refractivity (Wildman–Crippen MR) is 176 cm³/mol. The number of ketones is 1. The van der Waals surface area contributed by atoms with E-state index in [1.165, 1.54) is 21.3 Å². The molecule has 1 aliphatic heterocycles. The number of ether oxygens (including phenoxy) is 5. The lowest BCUT2D eigenvalue weighted by Crippen LogP contribution is -2.38. The Morgan fingerprint density at radius 1 is 0.696 bits per heavy atom. The molecule has 0 radical (unpaired) electrons. The van der Waals surface area contributed by atoms with Crippen molar-refractivity contribution in [3.05, 3.63) is 113 Å². The second-order valence-corrected chi connectivity index (χ2v) is 11.1. The molecule has 2 aliphatic rings. The Hall–Kier alpha value is -5.44. The molecule has 1 amide bonds. The zero-order valence-corrected chi connectivity index (χ0v) is 26.5. The maximum Gasteiger partial charge on any atom is 0.259 e. The second-order valence-electron chi connectivity index (χ2n) is 11.1. The molecule has 9 heteroatoms. The Labute approximate surface area is 268 Å². The normalized spacial score (nSPS) is 17.2. The largest absolute Gasteiger partial charge is 0.493 e. The van der Waals surface area contributed by atoms with E-state index in [0.29, 0.717) is 69.7 Å². The van der Waals surface area contributed by atoms with Gasteiger partial charge in [0.1, 0.15) is 0 Å². The van der Waals surface area contributed by atoms with E-state index < -0.39 is 6.04 Å². The zero-order chi connectivity index (χ0) is 32.4. The molecule has 0 unspecified atom stereocenters. The van der Waals surface area contributed by atoms with Crippen molar-refractivity contribution in [2.45, 2.75) is 24.8 Å². The third kappa shape index (κ3) is 5.38. The fraction of sp³-hybridized carbons (Fsp3) is 0.243. The van der Waals surface area contributed by atoms with Gasteiger partial charge in [0.05, 0.1) is 53.0 Å². The number of hydrogen-bond acceptors (Lipinski definition) is 8. The number of anilines is 2. The van der Waals surface area contributed by atoms with Gasteiger partial charge in [0, 0.05) is 23.3 Å². The zero-order valence-electron chi connectivity index (χ0n) is 26.5. The summed E-state index contributed by atoms with van der Waals surface area (Å²) in [4.78, 5) is 31.0. The molecule has 1 N–H and O–H groups in total. The van der Waals surface area contributed by atoms with Crippen LogP contribution in [0.5, 0.6) is 28.7 Å². The molecule has 2 atom stereocenters. The van der Waals surface area contributed by atoms with E-state index in [1.807, 2.05) is 54.6 Å². The van der Waals surface area contributed by atoms with Crippen LogP contribution in [-0.2, 0) is 4.79 Å². The number of fused-ring (bicyclic) bond motifs is 1. The van der Waals surface area contributed by atoms with Crippen LogP contribution in [-0.4, -0.2) is 47.2 Å². The number of para-hydroxylation sites is 2. The van der Waals surface area contributed by atoms with E-state index in [0.717, 1.165) is 11.3 Å². The summed E-state index contributed by atoms with van der Waals surface area (Å²) in [7, 11) is 7.65. The van der Waals surface area contributed by atoms with Gasteiger partial charge in [-0.05, 0) is 59.9 Å². The molecule has 6 rings (SSSR count). The fourth-order valence-corrected chi connectivity index (χ4v) is 6.46. The highest BCUT2D eigenvalue weighted by Crippen LogP contribution is 2.49. The molecule has 1 aliphatic carbocycles. The number of amides is 1. The SMILES string of the molecule is COc1ccc([C@@H]2C3=C(C[C@H](c4ccccc4)CC3=O)Nc3ccccc3N2C(=O)c2cc(OC)c(OC)c(OC)c2)cc1OC. The van der Waals surface area contributed by atoms with Gasteiger partial charge in [-0.15, -0.1) is 0 Å². The number of nitrogens with one attached hydrogen (secondary N) is 1. The van der Waals surface area contributed by atoms with Crippen LogP contribution in [0.15, 0.2) is 96.2 Å². The second kappa shape index (κ2) is 12.9. The van der Waals surface area contributed by atoms with E-state index in [4.69, 9.17) is 23.7 Å². The molecule has 0 saturated carbocycles. The van der Waals surface area contributed by atoms with Crippen LogP contribution in [0.2, 0.25) is 0 Å². The molecule has 1 heterocycles. The van der Waals surface area contributed by atoms with Crippen LogP contribution < -0.4 is 33.9 Å². The lowest BCUT2D eigenvalue weighted by molar-refractivity contribution is -0.116. The fourth-order valence-electron chi connectivity index (χ4n) is 6.46. The van der Waals surface area contributed by atoms with Crippen LogP contribution in [0, 0.1) is 0 Å². The van der Waals surface area contributed by atoms with Crippen LogP contribution in [0.25, 0.3) is 0 Å². The van der Waals surface area contributed by atoms with Gasteiger partial charge in [-0.25, -0.2) is 0 Å². The van der Waals surface area contributed by atoms with Gasteiger partial charge in [-0.2, -0.15) is 0 Å². The molecule has 0 aromatic heterocycles. The number of benzene rings is 4. The van der Waals surface area contributed by atoms with Gasteiger partial charge >= 0.3 is 0 Å². The number of carbonyl (C=O) groups is 2. The Morgan fingerprint density at radius 2 is 1.35 bits per heavy atom. The molecule has 236 valence electrons. The Kier molecular flexibility index (Phi) is 8.57. The van der Waals surface area contributed by atoms with E-state index in [2.05, 4.69) is 17.4 Å². The summed E-state index contributed by atoms with van der Waals surface area (Å²) in [6.07, 6.45) is 0.895. The number of carbonyl (C=O) groups excluding carboxylic acids is 2. The molecule has 4 aromatic carbocycles. The van der Waals surface area contributed by atoms with Crippen molar-refractivity contribution in [3.8, 4) is 28.7 Å². The maximum atomic E-state index is 14.9. The standard InChI is InChI=1S/C37H36N2O7/c1-42-30-16-15-23(19-31(30)43-2)35-34-27(17-24(18-29(34)40)22-11-7-6-8-12-22)38-26-13-9-10-14-28(26)39(35)37(41)25-20-32(44-3)36(46-5)33(21-25)45-4/h6-16,19-21,24,35,38H,17-18H2,1-5H3/t24-,35+/m0/s1. The number of rotatable bonds is 8. The summed E-state index contributed by atoms with van der Waals surface area (Å²) < 4.78 is 27.9. The van der Waals surface area contributed by atoms with E-state index in [9.17, 15) is 9.59 Å². The molecule has 4 aromatic rings. The van der Waals surface area contributed by atoms with Crippen molar-refractivity contribution >= 4 is 23.1 Å². The first-order valence-electron chi connectivity index (χ1n) is 14.9. The lowest BCUT2D eigenvalue weighted by atomic mass is 9.78.